The van der Waals surface area contributed by atoms with Gasteiger partial charge < -0.3 is 5.11 Å². The van der Waals surface area contributed by atoms with Crippen molar-refractivity contribution in [3.8, 4) is 0 Å². The predicted molar refractivity (Wildman–Crippen MR) is 63.8 cm³/mol. The summed E-state index contributed by atoms with van der Waals surface area (Å²) in [6.45, 7) is 0. The van der Waals surface area contributed by atoms with Crippen LogP contribution < -0.4 is 0 Å². The molecule has 2 aromatic heterocycles. The Morgan fingerprint density at radius 2 is 2.31 bits per heavy atom. The fourth-order valence-electron chi connectivity index (χ4n) is 1.61. The lowest BCUT2D eigenvalue weighted by Gasteiger charge is -2.10. The number of rotatable bonds is 3. The molecule has 0 radical (unpaired) electrons. The summed E-state index contributed by atoms with van der Waals surface area (Å²) in [6, 6.07) is 3.77. The van der Waals surface area contributed by atoms with Crippen molar-refractivity contribution in [1.82, 2.24) is 14.8 Å². The predicted octanol–water partition coefficient (Wildman–Crippen LogP) is 1.85. The number of hydrogen-bond acceptors (Lipinski definition) is 3. The summed E-state index contributed by atoms with van der Waals surface area (Å²) < 4.78 is 2.60. The van der Waals surface area contributed by atoms with Gasteiger partial charge in [0, 0.05) is 36.5 Å². The molecule has 0 saturated heterocycles. The third kappa shape index (κ3) is 2.48. The smallest absolute Gasteiger partial charge is 0.0997 e. The third-order valence-electron chi connectivity index (χ3n) is 2.39. The summed E-state index contributed by atoms with van der Waals surface area (Å²) in [7, 11) is 1.82. The van der Waals surface area contributed by atoms with Gasteiger partial charge in [0.2, 0.25) is 0 Å². The first-order valence-corrected chi connectivity index (χ1v) is 5.71. The molecule has 0 aliphatic rings. The van der Waals surface area contributed by atoms with Crippen LogP contribution in [0.4, 0.5) is 0 Å². The molecule has 5 heteroatoms. The highest BCUT2D eigenvalue weighted by Crippen LogP contribution is 2.18. The Morgan fingerprint density at radius 3 is 2.94 bits per heavy atom. The summed E-state index contributed by atoms with van der Waals surface area (Å²) in [5, 5.41) is 14.1. The van der Waals surface area contributed by atoms with Gasteiger partial charge in [0.1, 0.15) is 0 Å². The molecule has 84 valence electrons. The number of nitrogens with zero attached hydrogens (tertiary/aromatic N) is 3. The van der Waals surface area contributed by atoms with Crippen LogP contribution in [0, 0.1) is 0 Å². The van der Waals surface area contributed by atoms with Gasteiger partial charge in [-0.2, -0.15) is 5.10 Å². The van der Waals surface area contributed by atoms with E-state index in [0.717, 1.165) is 15.7 Å². The molecule has 2 aromatic rings. The molecule has 4 nitrogen and oxygen atoms in total. The van der Waals surface area contributed by atoms with Crippen molar-refractivity contribution in [2.45, 2.75) is 12.5 Å². The van der Waals surface area contributed by atoms with E-state index in [2.05, 4.69) is 26.0 Å². The molecule has 0 saturated carbocycles. The maximum Gasteiger partial charge on any atom is 0.0997 e. The lowest BCUT2D eigenvalue weighted by Crippen LogP contribution is -2.08. The van der Waals surface area contributed by atoms with Crippen molar-refractivity contribution in [1.29, 1.82) is 0 Å². The first kappa shape index (κ1) is 11.3. The SMILES string of the molecule is Cn1nccc1C(O)Cc1cncc(Br)c1. The average molecular weight is 282 g/mol. The highest BCUT2D eigenvalue weighted by atomic mass is 79.9. The Labute approximate surface area is 102 Å². The van der Waals surface area contributed by atoms with Gasteiger partial charge in [-0.25, -0.2) is 0 Å². The zero-order valence-corrected chi connectivity index (χ0v) is 10.4. The van der Waals surface area contributed by atoms with E-state index in [-0.39, 0.29) is 0 Å². The van der Waals surface area contributed by atoms with Gasteiger partial charge >= 0.3 is 0 Å². The van der Waals surface area contributed by atoms with Crippen LogP contribution in [0.2, 0.25) is 0 Å². The molecule has 0 aliphatic carbocycles. The Balaban J connectivity index is 2.14. The molecule has 0 fully saturated rings. The van der Waals surface area contributed by atoms with Crippen LogP contribution in [0.5, 0.6) is 0 Å². The summed E-state index contributed by atoms with van der Waals surface area (Å²) in [6.07, 6.45) is 5.14. The third-order valence-corrected chi connectivity index (χ3v) is 2.82. The normalized spacial score (nSPS) is 12.7. The topological polar surface area (TPSA) is 50.9 Å². The zero-order chi connectivity index (χ0) is 11.5. The van der Waals surface area contributed by atoms with E-state index >= 15 is 0 Å². The standard InChI is InChI=1S/C11H12BrN3O/c1-15-10(2-3-14-15)11(16)5-8-4-9(12)7-13-6-8/h2-4,6-7,11,16H,5H2,1H3. The van der Waals surface area contributed by atoms with Gasteiger partial charge in [-0.15, -0.1) is 0 Å². The summed E-state index contributed by atoms with van der Waals surface area (Å²) in [4.78, 5) is 4.06. The fraction of sp³-hybridized carbons (Fsp3) is 0.273. The second-order valence-corrected chi connectivity index (χ2v) is 4.53. The summed E-state index contributed by atoms with van der Waals surface area (Å²) in [5.74, 6) is 0. The second kappa shape index (κ2) is 4.76. The first-order chi connectivity index (χ1) is 7.66. The number of hydrogen-bond donors (Lipinski definition) is 1. The largest absolute Gasteiger partial charge is 0.386 e. The van der Waals surface area contributed by atoms with Crippen LogP contribution in [0.15, 0.2) is 35.2 Å². The highest BCUT2D eigenvalue weighted by Gasteiger charge is 2.12. The van der Waals surface area contributed by atoms with Gasteiger partial charge in [0.05, 0.1) is 11.8 Å². The zero-order valence-electron chi connectivity index (χ0n) is 8.84. The Bertz CT molecular complexity index is 484. The highest BCUT2D eigenvalue weighted by molar-refractivity contribution is 9.10. The lowest BCUT2D eigenvalue weighted by atomic mass is 10.1. The van der Waals surface area contributed by atoms with Crippen LogP contribution >= 0.6 is 15.9 Å². The van der Waals surface area contributed by atoms with E-state index in [0.29, 0.717) is 6.42 Å². The lowest BCUT2D eigenvalue weighted by molar-refractivity contribution is 0.168. The van der Waals surface area contributed by atoms with Crippen LogP contribution in [0.1, 0.15) is 17.4 Å². The molecule has 16 heavy (non-hydrogen) atoms. The van der Waals surface area contributed by atoms with E-state index in [1.54, 1.807) is 23.3 Å². The molecule has 0 bridgehead atoms. The summed E-state index contributed by atoms with van der Waals surface area (Å²) >= 11 is 3.35. The monoisotopic (exact) mass is 281 g/mol. The van der Waals surface area contributed by atoms with Gasteiger partial charge in [0.15, 0.2) is 0 Å². The maximum absolute atomic E-state index is 10.0. The van der Waals surface area contributed by atoms with Crippen molar-refractivity contribution in [3.63, 3.8) is 0 Å². The number of aliphatic hydroxyl groups excluding tert-OH is 1. The Kier molecular flexibility index (Phi) is 3.36. The van der Waals surface area contributed by atoms with Gasteiger partial charge in [-0.1, -0.05) is 0 Å². The minimum Gasteiger partial charge on any atom is -0.386 e. The quantitative estimate of drug-likeness (QED) is 0.934. The van der Waals surface area contributed by atoms with Crippen molar-refractivity contribution in [3.05, 3.63) is 46.5 Å². The van der Waals surface area contributed by atoms with Gasteiger partial charge in [-0.05, 0) is 33.6 Å². The summed E-state index contributed by atoms with van der Waals surface area (Å²) in [5.41, 5.74) is 1.79. The van der Waals surface area contributed by atoms with E-state index < -0.39 is 6.10 Å². The van der Waals surface area contributed by atoms with E-state index in [4.69, 9.17) is 0 Å². The van der Waals surface area contributed by atoms with Crippen molar-refractivity contribution in [2.24, 2.45) is 7.05 Å². The van der Waals surface area contributed by atoms with Crippen LogP contribution in [-0.2, 0) is 13.5 Å². The average Bonchev–Trinajstić information content (AvgIpc) is 2.64. The maximum atomic E-state index is 10.0. The minimum atomic E-state index is -0.552. The fourth-order valence-corrected chi connectivity index (χ4v) is 2.02. The van der Waals surface area contributed by atoms with Gasteiger partial charge in [0.25, 0.3) is 0 Å². The number of aliphatic hydroxyl groups is 1. The van der Waals surface area contributed by atoms with Crippen LogP contribution in [0.25, 0.3) is 0 Å². The van der Waals surface area contributed by atoms with E-state index in [1.807, 2.05) is 19.2 Å². The molecular weight excluding hydrogens is 270 g/mol. The molecule has 0 aliphatic heterocycles. The molecule has 2 heterocycles. The van der Waals surface area contributed by atoms with E-state index in [1.165, 1.54) is 0 Å². The number of pyridine rings is 1. The Hall–Kier alpha value is -1.20. The van der Waals surface area contributed by atoms with Crippen molar-refractivity contribution >= 4 is 15.9 Å². The Morgan fingerprint density at radius 1 is 1.50 bits per heavy atom. The van der Waals surface area contributed by atoms with Gasteiger partial charge in [-0.3, -0.25) is 9.67 Å². The van der Waals surface area contributed by atoms with Crippen LogP contribution in [-0.4, -0.2) is 19.9 Å². The van der Waals surface area contributed by atoms with E-state index in [9.17, 15) is 5.11 Å². The van der Waals surface area contributed by atoms with Crippen molar-refractivity contribution < 1.29 is 5.11 Å². The number of aromatic nitrogens is 3. The molecule has 0 aromatic carbocycles. The first-order valence-electron chi connectivity index (χ1n) is 4.92. The minimum absolute atomic E-state index is 0.534. The number of halogens is 1. The molecule has 0 amide bonds. The second-order valence-electron chi connectivity index (χ2n) is 3.61. The molecule has 1 unspecified atom stereocenters. The number of aryl methyl sites for hydroxylation is 1. The molecule has 0 spiro atoms. The molecule has 1 N–H and O–H groups in total. The van der Waals surface area contributed by atoms with Crippen molar-refractivity contribution in [2.75, 3.05) is 0 Å². The molecule has 2 rings (SSSR count). The van der Waals surface area contributed by atoms with Crippen LogP contribution in [0.3, 0.4) is 0 Å². The molecule has 1 atom stereocenters. The molecular formula is C11H12BrN3O.